The number of fused-ring (bicyclic) bond motifs is 3. The van der Waals surface area contributed by atoms with E-state index >= 15 is 0 Å². The van der Waals surface area contributed by atoms with Gasteiger partial charge in [0.25, 0.3) is 5.56 Å². The minimum atomic E-state index is -0.218. The van der Waals surface area contributed by atoms with Crippen molar-refractivity contribution in [2.75, 3.05) is 13.7 Å². The molecule has 0 spiro atoms. The average Bonchev–Trinajstić information content (AvgIpc) is 3.25. The van der Waals surface area contributed by atoms with Crippen molar-refractivity contribution in [1.29, 1.82) is 0 Å². The van der Waals surface area contributed by atoms with Crippen molar-refractivity contribution in [3.8, 4) is 11.5 Å². The van der Waals surface area contributed by atoms with E-state index < -0.39 is 0 Å². The Hall–Kier alpha value is -3.68. The standard InChI is InChI=1S/C31H25BrN2O3S/c1-3-16-37-26-15-8-19(17-25(26)32)18-27-30(35)34-29(21-9-12-22(36-2)13-10-21)24-14-11-20-6-4-5-7-23(20)28(24)33-31(34)38-27/h3-10,12-13,15,17-18,29H,1,11,14,16H2,2H3/b27-18-/t29-/m1/s1. The molecule has 1 aliphatic heterocycles. The van der Waals surface area contributed by atoms with Crippen molar-refractivity contribution in [2.45, 2.75) is 18.9 Å². The fraction of sp³-hybridized carbons (Fsp3) is 0.161. The van der Waals surface area contributed by atoms with Gasteiger partial charge < -0.3 is 9.47 Å². The lowest BCUT2D eigenvalue weighted by Gasteiger charge is -2.30. The van der Waals surface area contributed by atoms with E-state index in [0.717, 1.165) is 51.2 Å². The summed E-state index contributed by atoms with van der Waals surface area (Å²) in [7, 11) is 1.66. The molecule has 2 heterocycles. The molecule has 0 radical (unpaired) electrons. The molecule has 0 saturated heterocycles. The molecule has 190 valence electrons. The highest BCUT2D eigenvalue weighted by Gasteiger charge is 2.32. The summed E-state index contributed by atoms with van der Waals surface area (Å²) >= 11 is 5.01. The lowest BCUT2D eigenvalue weighted by atomic mass is 9.83. The monoisotopic (exact) mass is 584 g/mol. The van der Waals surface area contributed by atoms with Gasteiger partial charge >= 0.3 is 0 Å². The van der Waals surface area contributed by atoms with Gasteiger partial charge in [0.2, 0.25) is 0 Å². The smallest absolute Gasteiger partial charge is 0.271 e. The van der Waals surface area contributed by atoms with E-state index in [1.165, 1.54) is 22.5 Å². The van der Waals surface area contributed by atoms with Crippen LogP contribution in [0.2, 0.25) is 0 Å². The molecule has 7 heteroatoms. The van der Waals surface area contributed by atoms with E-state index in [0.29, 0.717) is 15.9 Å². The van der Waals surface area contributed by atoms with E-state index in [9.17, 15) is 4.79 Å². The van der Waals surface area contributed by atoms with Crippen molar-refractivity contribution in [3.05, 3.63) is 131 Å². The Bertz CT molecular complexity index is 1770. The topological polar surface area (TPSA) is 52.8 Å². The number of allylic oxidation sites excluding steroid dienone is 1. The number of aryl methyl sites for hydroxylation is 1. The number of thiazole rings is 1. The normalized spacial score (nSPS) is 16.3. The molecular formula is C31H25BrN2O3S. The number of aromatic nitrogens is 1. The van der Waals surface area contributed by atoms with Crippen LogP contribution in [0, 0.1) is 0 Å². The number of methoxy groups -OCH3 is 1. The molecule has 3 aromatic carbocycles. The SMILES string of the molecule is C=CCOc1ccc(/C=c2\sc3n(c2=O)[C@H](c2ccc(OC)cc2)C2=C(N=3)c3ccccc3CC2)cc1Br. The van der Waals surface area contributed by atoms with Gasteiger partial charge in [0.15, 0.2) is 4.80 Å². The third-order valence-corrected chi connectivity index (χ3v) is 8.52. The summed E-state index contributed by atoms with van der Waals surface area (Å²) in [6.45, 7) is 4.12. The minimum Gasteiger partial charge on any atom is -0.497 e. The number of hydrogen-bond donors (Lipinski definition) is 0. The highest BCUT2D eigenvalue weighted by atomic mass is 79.9. The molecule has 0 saturated carbocycles. The van der Waals surface area contributed by atoms with Crippen molar-refractivity contribution < 1.29 is 9.47 Å². The minimum absolute atomic E-state index is 0.0388. The second kappa shape index (κ2) is 10.2. The van der Waals surface area contributed by atoms with E-state index in [4.69, 9.17) is 14.5 Å². The number of hydrogen-bond acceptors (Lipinski definition) is 5. The van der Waals surface area contributed by atoms with Crippen LogP contribution in [-0.4, -0.2) is 18.3 Å². The average molecular weight is 586 g/mol. The molecule has 0 fully saturated rings. The lowest BCUT2D eigenvalue weighted by Crippen LogP contribution is -2.38. The zero-order chi connectivity index (χ0) is 26.2. The zero-order valence-corrected chi connectivity index (χ0v) is 23.2. The molecule has 1 atom stereocenters. The number of benzene rings is 3. The molecule has 6 rings (SSSR count). The first kappa shape index (κ1) is 24.6. The molecule has 2 aliphatic rings. The highest BCUT2D eigenvalue weighted by molar-refractivity contribution is 9.10. The summed E-state index contributed by atoms with van der Waals surface area (Å²) in [6.07, 6.45) is 5.41. The van der Waals surface area contributed by atoms with Crippen LogP contribution in [0.15, 0.2) is 99.2 Å². The third-order valence-electron chi connectivity index (χ3n) is 6.91. The first-order valence-electron chi connectivity index (χ1n) is 12.4. The first-order chi connectivity index (χ1) is 18.6. The Labute approximate surface area is 232 Å². The van der Waals surface area contributed by atoms with Crippen molar-refractivity contribution >= 4 is 39.0 Å². The molecule has 38 heavy (non-hydrogen) atoms. The van der Waals surface area contributed by atoms with Crippen molar-refractivity contribution in [3.63, 3.8) is 0 Å². The maximum atomic E-state index is 13.9. The molecular weight excluding hydrogens is 560 g/mol. The van der Waals surface area contributed by atoms with E-state index in [1.54, 1.807) is 13.2 Å². The Morgan fingerprint density at radius 2 is 1.95 bits per heavy atom. The molecule has 0 N–H and O–H groups in total. The molecule has 0 bridgehead atoms. The summed E-state index contributed by atoms with van der Waals surface area (Å²) in [6, 6.07) is 22.0. The second-order valence-corrected chi connectivity index (χ2v) is 11.0. The number of rotatable bonds is 6. The van der Waals surface area contributed by atoms with Crippen molar-refractivity contribution in [1.82, 2.24) is 4.57 Å². The van der Waals surface area contributed by atoms with Crippen LogP contribution in [0.25, 0.3) is 11.8 Å². The van der Waals surface area contributed by atoms with Gasteiger partial charge in [0, 0.05) is 5.56 Å². The van der Waals surface area contributed by atoms with E-state index in [1.807, 2.05) is 41.0 Å². The van der Waals surface area contributed by atoms with Crippen molar-refractivity contribution in [2.24, 2.45) is 4.99 Å². The van der Waals surface area contributed by atoms with Crippen LogP contribution in [0.1, 0.15) is 34.7 Å². The Morgan fingerprint density at radius 3 is 2.71 bits per heavy atom. The summed E-state index contributed by atoms with van der Waals surface area (Å²) in [5, 5.41) is 0. The van der Waals surface area contributed by atoms with Crippen LogP contribution in [0.3, 0.4) is 0 Å². The molecule has 0 unspecified atom stereocenters. The molecule has 1 aromatic heterocycles. The predicted molar refractivity (Wildman–Crippen MR) is 156 cm³/mol. The van der Waals surface area contributed by atoms with Gasteiger partial charge in [-0.25, -0.2) is 4.99 Å². The maximum absolute atomic E-state index is 13.9. The lowest BCUT2D eigenvalue weighted by molar-refractivity contribution is 0.361. The van der Waals surface area contributed by atoms with Crippen LogP contribution < -0.4 is 24.4 Å². The summed E-state index contributed by atoms with van der Waals surface area (Å²) in [5.41, 5.74) is 6.54. The summed E-state index contributed by atoms with van der Waals surface area (Å²) < 4.78 is 14.4. The van der Waals surface area contributed by atoms with Crippen LogP contribution in [-0.2, 0) is 6.42 Å². The second-order valence-electron chi connectivity index (χ2n) is 9.18. The number of ether oxygens (including phenoxy) is 2. The molecule has 0 amide bonds. The third kappa shape index (κ3) is 4.36. The fourth-order valence-corrected chi connectivity index (χ4v) is 6.64. The van der Waals surface area contributed by atoms with Gasteiger partial charge in [0.1, 0.15) is 18.1 Å². The molecule has 1 aliphatic carbocycles. The predicted octanol–water partition coefficient (Wildman–Crippen LogP) is 5.65. The van der Waals surface area contributed by atoms with Gasteiger partial charge in [-0.1, -0.05) is 66.5 Å². The number of halogens is 1. The zero-order valence-electron chi connectivity index (χ0n) is 20.8. The van der Waals surface area contributed by atoms with E-state index in [2.05, 4.69) is 58.9 Å². The highest BCUT2D eigenvalue weighted by Crippen LogP contribution is 2.41. The number of nitrogens with zero attached hydrogens (tertiary/aromatic N) is 2. The Kier molecular flexibility index (Phi) is 6.64. The van der Waals surface area contributed by atoms with Gasteiger partial charge in [-0.2, -0.15) is 0 Å². The largest absolute Gasteiger partial charge is 0.497 e. The van der Waals surface area contributed by atoms with E-state index in [-0.39, 0.29) is 11.6 Å². The van der Waals surface area contributed by atoms with Gasteiger partial charge in [-0.3, -0.25) is 9.36 Å². The Morgan fingerprint density at radius 1 is 1.13 bits per heavy atom. The van der Waals surface area contributed by atoms with Gasteiger partial charge in [-0.05, 0) is 81.4 Å². The Balaban J connectivity index is 1.53. The van der Waals surface area contributed by atoms with Crippen LogP contribution >= 0.6 is 27.3 Å². The molecule has 5 nitrogen and oxygen atoms in total. The summed E-state index contributed by atoms with van der Waals surface area (Å²) in [5.74, 6) is 1.52. The van der Waals surface area contributed by atoms with Gasteiger partial charge in [-0.15, -0.1) is 0 Å². The van der Waals surface area contributed by atoms with Gasteiger partial charge in [0.05, 0.1) is 27.9 Å². The first-order valence-corrected chi connectivity index (χ1v) is 14.0. The fourth-order valence-electron chi connectivity index (χ4n) is 5.13. The molecule has 4 aromatic rings. The van der Waals surface area contributed by atoms with Crippen LogP contribution in [0.5, 0.6) is 11.5 Å². The quantitative estimate of drug-likeness (QED) is 0.275. The maximum Gasteiger partial charge on any atom is 0.271 e. The summed E-state index contributed by atoms with van der Waals surface area (Å²) in [4.78, 5) is 19.7. The van der Waals surface area contributed by atoms with Crippen LogP contribution in [0.4, 0.5) is 0 Å².